The molecule has 0 saturated heterocycles. The minimum absolute atomic E-state index is 0.103. The molecule has 0 unspecified atom stereocenters. The summed E-state index contributed by atoms with van der Waals surface area (Å²) in [5, 5.41) is 10.7. The summed E-state index contributed by atoms with van der Waals surface area (Å²) in [5.41, 5.74) is 6.92. The zero-order valence-corrected chi connectivity index (χ0v) is 10.6. The first kappa shape index (κ1) is 13.2. The number of benzene rings is 1. The molecule has 0 aliphatic carbocycles. The molecule has 1 heterocycles. The second-order valence-corrected chi connectivity index (χ2v) is 4.27. The van der Waals surface area contributed by atoms with Gasteiger partial charge >= 0.3 is 0 Å². The maximum absolute atomic E-state index is 10.7. The smallest absolute Gasteiger partial charge is 0.272 e. The number of oxazole rings is 1. The Kier molecular flexibility index (Phi) is 3.91. The highest BCUT2D eigenvalue weighted by Gasteiger charge is 2.13. The van der Waals surface area contributed by atoms with Crippen molar-refractivity contribution in [2.24, 2.45) is 5.73 Å². The number of hydrogen-bond donors (Lipinski definition) is 1. The van der Waals surface area contributed by atoms with E-state index < -0.39 is 4.92 Å². The molecule has 0 saturated carbocycles. The molecule has 2 rings (SSSR count). The lowest BCUT2D eigenvalue weighted by molar-refractivity contribution is -0.385. The van der Waals surface area contributed by atoms with E-state index in [0.717, 1.165) is 12.0 Å². The van der Waals surface area contributed by atoms with Crippen LogP contribution >= 0.6 is 0 Å². The number of aryl methyl sites for hydroxylation is 2. The van der Waals surface area contributed by atoms with Gasteiger partial charge in [-0.2, -0.15) is 0 Å². The number of hydrogen-bond acceptors (Lipinski definition) is 5. The summed E-state index contributed by atoms with van der Waals surface area (Å²) in [4.78, 5) is 14.5. The van der Waals surface area contributed by atoms with Gasteiger partial charge in [0.2, 0.25) is 0 Å². The van der Waals surface area contributed by atoms with Crippen molar-refractivity contribution in [1.29, 1.82) is 0 Å². The van der Waals surface area contributed by atoms with E-state index in [9.17, 15) is 10.1 Å². The Morgan fingerprint density at radius 1 is 1.47 bits per heavy atom. The molecule has 0 atom stereocenters. The van der Waals surface area contributed by atoms with Gasteiger partial charge in [0.25, 0.3) is 5.69 Å². The lowest BCUT2D eigenvalue weighted by atomic mass is 10.1. The van der Waals surface area contributed by atoms with E-state index in [2.05, 4.69) is 4.98 Å². The van der Waals surface area contributed by atoms with Gasteiger partial charge in [-0.25, -0.2) is 4.98 Å². The lowest BCUT2D eigenvalue weighted by Crippen LogP contribution is -2.00. The Bertz CT molecular complexity index is 593. The predicted octanol–water partition coefficient (Wildman–Crippen LogP) is 2.45. The summed E-state index contributed by atoms with van der Waals surface area (Å²) in [6.07, 6.45) is 3.15. The van der Waals surface area contributed by atoms with Crippen molar-refractivity contribution in [1.82, 2.24) is 4.98 Å². The molecule has 0 fully saturated rings. The average Bonchev–Trinajstić information content (AvgIpc) is 2.84. The van der Waals surface area contributed by atoms with E-state index in [1.54, 1.807) is 25.3 Å². The minimum atomic E-state index is -0.397. The molecular formula is C13H15N3O3. The Hall–Kier alpha value is -2.21. The number of nitro benzene ring substituents is 1. The van der Waals surface area contributed by atoms with Crippen LogP contribution in [-0.4, -0.2) is 16.5 Å². The molecule has 0 aliphatic heterocycles. The third kappa shape index (κ3) is 2.97. The van der Waals surface area contributed by atoms with Crippen LogP contribution in [0.5, 0.6) is 0 Å². The van der Waals surface area contributed by atoms with Gasteiger partial charge in [-0.15, -0.1) is 0 Å². The summed E-state index contributed by atoms with van der Waals surface area (Å²) in [7, 11) is 0. The Labute approximate surface area is 110 Å². The number of aromatic nitrogens is 1. The summed E-state index contributed by atoms with van der Waals surface area (Å²) < 4.78 is 5.59. The van der Waals surface area contributed by atoms with Crippen molar-refractivity contribution in [3.05, 3.63) is 46.0 Å². The molecule has 2 aromatic rings. The molecule has 0 bridgehead atoms. The zero-order valence-electron chi connectivity index (χ0n) is 10.6. The quantitative estimate of drug-likeness (QED) is 0.658. The van der Waals surface area contributed by atoms with Crippen molar-refractivity contribution < 1.29 is 9.34 Å². The Balaban J connectivity index is 2.24. The van der Waals surface area contributed by atoms with E-state index in [0.29, 0.717) is 30.2 Å². The van der Waals surface area contributed by atoms with Gasteiger partial charge < -0.3 is 10.2 Å². The van der Waals surface area contributed by atoms with Crippen molar-refractivity contribution in [2.45, 2.75) is 19.8 Å². The largest absolute Gasteiger partial charge is 0.441 e. The number of nitrogens with two attached hydrogens (primary N) is 1. The zero-order chi connectivity index (χ0) is 13.8. The third-order valence-electron chi connectivity index (χ3n) is 2.83. The van der Waals surface area contributed by atoms with Crippen molar-refractivity contribution in [2.75, 3.05) is 6.54 Å². The van der Waals surface area contributed by atoms with Gasteiger partial charge in [0.15, 0.2) is 11.7 Å². The molecule has 6 heteroatoms. The van der Waals surface area contributed by atoms with E-state index in [1.165, 1.54) is 6.07 Å². The number of nitrogens with zero attached hydrogens (tertiary/aromatic N) is 2. The first-order valence-corrected chi connectivity index (χ1v) is 6.02. The summed E-state index contributed by atoms with van der Waals surface area (Å²) in [6, 6.07) is 4.87. The highest BCUT2D eigenvalue weighted by molar-refractivity contribution is 5.61. The maximum atomic E-state index is 10.7. The van der Waals surface area contributed by atoms with E-state index in [-0.39, 0.29) is 5.69 Å². The fourth-order valence-electron chi connectivity index (χ4n) is 1.83. The van der Waals surface area contributed by atoms with Crippen LogP contribution in [0.2, 0.25) is 0 Å². The Morgan fingerprint density at radius 2 is 2.26 bits per heavy atom. The first-order chi connectivity index (χ1) is 9.11. The van der Waals surface area contributed by atoms with Crippen molar-refractivity contribution in [3.63, 3.8) is 0 Å². The first-order valence-electron chi connectivity index (χ1n) is 6.02. The van der Waals surface area contributed by atoms with Gasteiger partial charge in [0, 0.05) is 23.6 Å². The van der Waals surface area contributed by atoms with Crippen LogP contribution in [0.25, 0.3) is 11.3 Å². The van der Waals surface area contributed by atoms with Gasteiger partial charge in [0.05, 0.1) is 11.1 Å². The van der Waals surface area contributed by atoms with Crippen LogP contribution in [0.4, 0.5) is 5.69 Å². The van der Waals surface area contributed by atoms with Gasteiger partial charge in [-0.05, 0) is 32.0 Å². The van der Waals surface area contributed by atoms with Gasteiger partial charge in [-0.3, -0.25) is 10.1 Å². The summed E-state index contributed by atoms with van der Waals surface area (Å²) >= 11 is 0. The van der Waals surface area contributed by atoms with Crippen LogP contribution < -0.4 is 5.73 Å². The summed E-state index contributed by atoms with van der Waals surface area (Å²) in [6.45, 7) is 2.29. The SMILES string of the molecule is Cc1cc(-c2cnc(CCCN)o2)ccc1[N+](=O)[O-]. The molecule has 0 radical (unpaired) electrons. The van der Waals surface area contributed by atoms with Crippen LogP contribution in [0.3, 0.4) is 0 Å². The van der Waals surface area contributed by atoms with Crippen LogP contribution in [0, 0.1) is 17.0 Å². The topological polar surface area (TPSA) is 95.2 Å². The fraction of sp³-hybridized carbons (Fsp3) is 0.308. The molecule has 6 nitrogen and oxygen atoms in total. The molecule has 1 aromatic heterocycles. The molecule has 2 N–H and O–H groups in total. The third-order valence-corrected chi connectivity index (χ3v) is 2.83. The van der Waals surface area contributed by atoms with Gasteiger partial charge in [0.1, 0.15) is 0 Å². The fourth-order valence-corrected chi connectivity index (χ4v) is 1.83. The van der Waals surface area contributed by atoms with E-state index >= 15 is 0 Å². The second kappa shape index (κ2) is 5.62. The monoisotopic (exact) mass is 261 g/mol. The molecule has 0 spiro atoms. The lowest BCUT2D eigenvalue weighted by Gasteiger charge is -2.00. The average molecular weight is 261 g/mol. The van der Waals surface area contributed by atoms with E-state index in [4.69, 9.17) is 10.2 Å². The molecule has 19 heavy (non-hydrogen) atoms. The standard InChI is InChI=1S/C13H15N3O3/c1-9-7-10(4-5-11(9)16(17)18)12-8-15-13(19-12)3-2-6-14/h4-5,7-8H,2-3,6,14H2,1H3. The van der Waals surface area contributed by atoms with Crippen molar-refractivity contribution >= 4 is 5.69 Å². The minimum Gasteiger partial charge on any atom is -0.441 e. The van der Waals surface area contributed by atoms with Crippen molar-refractivity contribution in [3.8, 4) is 11.3 Å². The second-order valence-electron chi connectivity index (χ2n) is 4.27. The van der Waals surface area contributed by atoms with Gasteiger partial charge in [-0.1, -0.05) is 0 Å². The highest BCUT2D eigenvalue weighted by atomic mass is 16.6. The number of nitro groups is 1. The molecule has 1 aromatic carbocycles. The number of rotatable bonds is 5. The Morgan fingerprint density at radius 3 is 2.89 bits per heavy atom. The predicted molar refractivity (Wildman–Crippen MR) is 70.7 cm³/mol. The molecule has 100 valence electrons. The van der Waals surface area contributed by atoms with Crippen LogP contribution in [-0.2, 0) is 6.42 Å². The highest BCUT2D eigenvalue weighted by Crippen LogP contribution is 2.26. The van der Waals surface area contributed by atoms with Crippen LogP contribution in [0.1, 0.15) is 17.9 Å². The van der Waals surface area contributed by atoms with Crippen LogP contribution in [0.15, 0.2) is 28.8 Å². The summed E-state index contributed by atoms with van der Waals surface area (Å²) in [5.74, 6) is 1.25. The maximum Gasteiger partial charge on any atom is 0.272 e. The molecule has 0 aliphatic rings. The normalized spacial score (nSPS) is 10.6. The van der Waals surface area contributed by atoms with E-state index in [1.807, 2.05) is 0 Å². The molecule has 0 amide bonds. The molecular weight excluding hydrogens is 246 g/mol.